The highest BCUT2D eigenvalue weighted by Crippen LogP contribution is 2.22. The van der Waals surface area contributed by atoms with Gasteiger partial charge in [-0.25, -0.2) is 4.79 Å². The van der Waals surface area contributed by atoms with Crippen LogP contribution in [-0.4, -0.2) is 47.9 Å². The van der Waals surface area contributed by atoms with E-state index in [1.165, 1.54) is 0 Å². The molecule has 21 heavy (non-hydrogen) atoms. The fourth-order valence-corrected chi connectivity index (χ4v) is 2.62. The van der Waals surface area contributed by atoms with Gasteiger partial charge in [-0.05, 0) is 46.6 Å². The van der Waals surface area contributed by atoms with E-state index < -0.39 is 5.60 Å². The maximum absolute atomic E-state index is 12.0. The zero-order valence-corrected chi connectivity index (χ0v) is 13.6. The molecule has 1 N–H and O–H groups in total. The summed E-state index contributed by atoms with van der Waals surface area (Å²) in [6.07, 6.45) is 6.53. The average molecular weight is 296 g/mol. The Morgan fingerprint density at radius 1 is 1.43 bits per heavy atom. The first-order valence-electron chi connectivity index (χ1n) is 7.82. The Morgan fingerprint density at radius 3 is 2.62 bits per heavy atom. The van der Waals surface area contributed by atoms with Crippen LogP contribution in [0.5, 0.6) is 0 Å². The van der Waals surface area contributed by atoms with Crippen molar-refractivity contribution < 1.29 is 14.3 Å². The summed E-state index contributed by atoms with van der Waals surface area (Å²) in [4.78, 5) is 13.8. The molecule has 5 nitrogen and oxygen atoms in total. The summed E-state index contributed by atoms with van der Waals surface area (Å²) >= 11 is 0. The first kappa shape index (κ1) is 16.1. The second kappa shape index (κ2) is 6.26. The second-order valence-electron chi connectivity index (χ2n) is 7.27. The Kier molecular flexibility index (Phi) is 4.81. The lowest BCUT2D eigenvalue weighted by Gasteiger charge is -2.35. The van der Waals surface area contributed by atoms with Gasteiger partial charge >= 0.3 is 6.09 Å². The van der Waals surface area contributed by atoms with Crippen LogP contribution in [0.3, 0.4) is 0 Å². The van der Waals surface area contributed by atoms with Crippen LogP contribution in [0.25, 0.3) is 0 Å². The van der Waals surface area contributed by atoms with E-state index >= 15 is 0 Å². The summed E-state index contributed by atoms with van der Waals surface area (Å²) < 4.78 is 11.0. The van der Waals surface area contributed by atoms with Gasteiger partial charge in [-0.1, -0.05) is 0 Å². The van der Waals surface area contributed by atoms with Crippen molar-refractivity contribution in [2.45, 2.75) is 64.2 Å². The third kappa shape index (κ3) is 4.92. The number of carbonyl (C=O) groups excluding carboxylic acids is 1. The average Bonchev–Trinajstić information content (AvgIpc) is 2.82. The van der Waals surface area contributed by atoms with Crippen molar-refractivity contribution >= 4 is 6.09 Å². The van der Waals surface area contributed by atoms with Crippen molar-refractivity contribution in [3.63, 3.8) is 0 Å². The fraction of sp³-hybridized carbons (Fsp3) is 0.812. The zero-order chi connectivity index (χ0) is 15.5. The first-order valence-corrected chi connectivity index (χ1v) is 7.82. The Hall–Kier alpha value is -1.23. The molecule has 1 unspecified atom stereocenters. The number of piperidine rings is 1. The molecule has 1 saturated heterocycles. The zero-order valence-electron chi connectivity index (χ0n) is 13.6. The molecule has 0 radical (unpaired) electrons. The van der Waals surface area contributed by atoms with Crippen LogP contribution in [0.4, 0.5) is 4.79 Å². The lowest BCUT2D eigenvalue weighted by Crippen LogP contribution is -2.49. The van der Waals surface area contributed by atoms with Crippen molar-refractivity contribution in [1.29, 1.82) is 0 Å². The van der Waals surface area contributed by atoms with E-state index in [4.69, 9.17) is 9.47 Å². The van der Waals surface area contributed by atoms with Gasteiger partial charge in [0.15, 0.2) is 0 Å². The Bertz CT molecular complexity index is 385. The number of nitrogens with one attached hydrogen (secondary N) is 1. The Balaban J connectivity index is 1.69. The van der Waals surface area contributed by atoms with E-state index in [2.05, 4.69) is 18.3 Å². The third-order valence-electron chi connectivity index (χ3n) is 3.91. The normalized spacial score (nSPS) is 26.8. The standard InChI is InChI=1S/C16H28N2O3/c1-15(2,3)21-14(19)18-9-6-13(7-10-18)17-12-16(4)8-5-11-20-16/h5,11,13,17H,6-10,12H2,1-4H3. The molecule has 0 aromatic heterocycles. The predicted octanol–water partition coefficient (Wildman–Crippen LogP) is 2.67. The topological polar surface area (TPSA) is 50.8 Å². The molecule has 1 amide bonds. The summed E-state index contributed by atoms with van der Waals surface area (Å²) in [5, 5.41) is 3.57. The highest BCUT2D eigenvalue weighted by atomic mass is 16.6. The van der Waals surface area contributed by atoms with Crippen LogP contribution in [0.15, 0.2) is 12.3 Å². The van der Waals surface area contributed by atoms with Crippen molar-refractivity contribution in [3.05, 3.63) is 12.3 Å². The van der Waals surface area contributed by atoms with Gasteiger partial charge in [-0.2, -0.15) is 0 Å². The van der Waals surface area contributed by atoms with Crippen LogP contribution in [0.2, 0.25) is 0 Å². The first-order chi connectivity index (χ1) is 9.77. The van der Waals surface area contributed by atoms with Gasteiger partial charge in [0.1, 0.15) is 11.2 Å². The number of rotatable bonds is 3. The van der Waals surface area contributed by atoms with Crippen LogP contribution in [-0.2, 0) is 9.47 Å². The van der Waals surface area contributed by atoms with E-state index in [0.29, 0.717) is 6.04 Å². The van der Waals surface area contributed by atoms with Crippen LogP contribution in [0.1, 0.15) is 47.0 Å². The largest absolute Gasteiger partial charge is 0.494 e. The monoisotopic (exact) mass is 296 g/mol. The van der Waals surface area contributed by atoms with Crippen LogP contribution < -0.4 is 5.32 Å². The molecule has 120 valence electrons. The molecular weight excluding hydrogens is 268 g/mol. The molecule has 5 heteroatoms. The molecule has 0 aliphatic carbocycles. The minimum Gasteiger partial charge on any atom is -0.494 e. The highest BCUT2D eigenvalue weighted by molar-refractivity contribution is 5.68. The lowest BCUT2D eigenvalue weighted by molar-refractivity contribution is 0.0180. The van der Waals surface area contributed by atoms with E-state index in [1.54, 1.807) is 11.2 Å². The van der Waals surface area contributed by atoms with E-state index in [-0.39, 0.29) is 11.7 Å². The number of hydrogen-bond donors (Lipinski definition) is 1. The number of amides is 1. The molecule has 2 heterocycles. The van der Waals surface area contributed by atoms with Crippen molar-refractivity contribution in [2.75, 3.05) is 19.6 Å². The van der Waals surface area contributed by atoms with Gasteiger partial charge in [0.05, 0.1) is 6.26 Å². The Morgan fingerprint density at radius 2 is 2.10 bits per heavy atom. The molecule has 1 fully saturated rings. The summed E-state index contributed by atoms with van der Waals surface area (Å²) in [5.41, 5.74) is -0.532. The quantitative estimate of drug-likeness (QED) is 0.870. The molecule has 0 aromatic carbocycles. The van der Waals surface area contributed by atoms with E-state index in [1.807, 2.05) is 20.8 Å². The summed E-state index contributed by atoms with van der Waals surface area (Å²) in [5.74, 6) is 0. The lowest BCUT2D eigenvalue weighted by atomic mass is 10.0. The SMILES string of the molecule is CC(C)(C)OC(=O)N1CCC(NCC2(C)CC=CO2)CC1. The number of nitrogens with zero attached hydrogens (tertiary/aromatic N) is 1. The van der Waals surface area contributed by atoms with Gasteiger partial charge < -0.3 is 19.7 Å². The molecule has 0 aromatic rings. The van der Waals surface area contributed by atoms with Gasteiger partial charge in [0.25, 0.3) is 0 Å². The van der Waals surface area contributed by atoms with Gasteiger partial charge in [0.2, 0.25) is 0 Å². The Labute approximate surface area is 127 Å². The highest BCUT2D eigenvalue weighted by Gasteiger charge is 2.30. The molecule has 2 rings (SSSR count). The molecule has 0 spiro atoms. The smallest absolute Gasteiger partial charge is 0.410 e. The number of ether oxygens (including phenoxy) is 2. The van der Waals surface area contributed by atoms with Crippen molar-refractivity contribution in [2.24, 2.45) is 0 Å². The second-order valence-corrected chi connectivity index (χ2v) is 7.27. The van der Waals surface area contributed by atoms with Crippen LogP contribution >= 0.6 is 0 Å². The summed E-state index contributed by atoms with van der Waals surface area (Å²) in [7, 11) is 0. The third-order valence-corrected chi connectivity index (χ3v) is 3.91. The molecular formula is C16H28N2O3. The van der Waals surface area contributed by atoms with Crippen molar-refractivity contribution in [1.82, 2.24) is 10.2 Å². The fourth-order valence-electron chi connectivity index (χ4n) is 2.62. The number of carbonyl (C=O) groups is 1. The number of hydrogen-bond acceptors (Lipinski definition) is 4. The summed E-state index contributed by atoms with van der Waals surface area (Å²) in [6.45, 7) is 10.2. The maximum Gasteiger partial charge on any atom is 0.410 e. The number of likely N-dealkylation sites (tertiary alicyclic amines) is 1. The molecule has 0 saturated carbocycles. The van der Waals surface area contributed by atoms with Crippen molar-refractivity contribution in [3.8, 4) is 0 Å². The van der Waals surface area contributed by atoms with Crippen LogP contribution in [0, 0.1) is 0 Å². The molecule has 2 aliphatic rings. The molecule has 1 atom stereocenters. The predicted molar refractivity (Wildman–Crippen MR) is 82.1 cm³/mol. The molecule has 0 bridgehead atoms. The maximum atomic E-state index is 12.0. The minimum absolute atomic E-state index is 0.109. The van der Waals surface area contributed by atoms with E-state index in [0.717, 1.165) is 38.9 Å². The summed E-state index contributed by atoms with van der Waals surface area (Å²) in [6, 6.07) is 0.449. The van der Waals surface area contributed by atoms with E-state index in [9.17, 15) is 4.79 Å². The van der Waals surface area contributed by atoms with Gasteiger partial charge in [0, 0.05) is 32.1 Å². The molecule has 2 aliphatic heterocycles. The van der Waals surface area contributed by atoms with Gasteiger partial charge in [-0.3, -0.25) is 0 Å². The van der Waals surface area contributed by atoms with Gasteiger partial charge in [-0.15, -0.1) is 0 Å². The minimum atomic E-state index is -0.423.